The second-order valence-electron chi connectivity index (χ2n) is 7.93. The van der Waals surface area contributed by atoms with Crippen molar-refractivity contribution >= 4 is 27.1 Å². The molecule has 0 aliphatic heterocycles. The maximum Gasteiger partial charge on any atom is 0.0175 e. The highest BCUT2D eigenvalue weighted by Crippen LogP contribution is 2.37. The van der Waals surface area contributed by atoms with Gasteiger partial charge in [-0.25, -0.2) is 0 Å². The summed E-state index contributed by atoms with van der Waals surface area (Å²) < 4.78 is 1.08. The van der Waals surface area contributed by atoms with E-state index < -0.39 is 0 Å². The van der Waals surface area contributed by atoms with Crippen LogP contribution in [0.1, 0.15) is 22.3 Å². The SMILES string of the molecule is Brc1ccc(/C(=C(\c2ccccc2)c2ccc(-c3ccccc3)cc2)c2ccccc2)cc1. The van der Waals surface area contributed by atoms with Gasteiger partial charge < -0.3 is 0 Å². The molecule has 0 atom stereocenters. The van der Waals surface area contributed by atoms with Crippen LogP contribution in [0.5, 0.6) is 0 Å². The third kappa shape index (κ3) is 4.74. The van der Waals surface area contributed by atoms with Crippen molar-refractivity contribution in [2.75, 3.05) is 0 Å². The predicted octanol–water partition coefficient (Wildman–Crippen LogP) is 9.12. The van der Waals surface area contributed by atoms with Crippen LogP contribution in [0, 0.1) is 0 Å². The summed E-state index contributed by atoms with van der Waals surface area (Å²) in [7, 11) is 0. The molecule has 0 aromatic heterocycles. The zero-order chi connectivity index (χ0) is 22.5. The van der Waals surface area contributed by atoms with Gasteiger partial charge in [-0.15, -0.1) is 0 Å². The number of benzene rings is 5. The Balaban J connectivity index is 1.76. The van der Waals surface area contributed by atoms with Crippen LogP contribution in [-0.4, -0.2) is 0 Å². The van der Waals surface area contributed by atoms with E-state index in [1.54, 1.807) is 0 Å². The maximum absolute atomic E-state index is 3.59. The second-order valence-corrected chi connectivity index (χ2v) is 8.85. The molecule has 1 heteroatoms. The molecule has 0 fully saturated rings. The Morgan fingerprint density at radius 2 is 0.667 bits per heavy atom. The average molecular weight is 487 g/mol. The first-order chi connectivity index (χ1) is 16.3. The molecule has 0 heterocycles. The Morgan fingerprint density at radius 1 is 0.333 bits per heavy atom. The van der Waals surface area contributed by atoms with Crippen LogP contribution in [0.4, 0.5) is 0 Å². The van der Waals surface area contributed by atoms with Gasteiger partial charge in [0.05, 0.1) is 0 Å². The summed E-state index contributed by atoms with van der Waals surface area (Å²) >= 11 is 3.59. The minimum atomic E-state index is 1.08. The topological polar surface area (TPSA) is 0 Å². The lowest BCUT2D eigenvalue weighted by molar-refractivity contribution is 1.49. The molecule has 0 radical (unpaired) electrons. The van der Waals surface area contributed by atoms with Crippen LogP contribution < -0.4 is 0 Å². The van der Waals surface area contributed by atoms with Crippen LogP contribution in [0.2, 0.25) is 0 Å². The molecule has 0 aliphatic carbocycles. The van der Waals surface area contributed by atoms with E-state index in [9.17, 15) is 0 Å². The molecule has 0 amide bonds. The zero-order valence-corrected chi connectivity index (χ0v) is 19.7. The lowest BCUT2D eigenvalue weighted by Gasteiger charge is -2.18. The summed E-state index contributed by atoms with van der Waals surface area (Å²) in [6.45, 7) is 0. The van der Waals surface area contributed by atoms with E-state index in [0.29, 0.717) is 0 Å². The molecular formula is C32H23Br. The van der Waals surface area contributed by atoms with E-state index in [1.807, 2.05) is 0 Å². The fourth-order valence-corrected chi connectivity index (χ4v) is 4.46. The number of rotatable bonds is 5. The lowest BCUT2D eigenvalue weighted by atomic mass is 9.85. The van der Waals surface area contributed by atoms with Crippen molar-refractivity contribution in [1.82, 2.24) is 0 Å². The van der Waals surface area contributed by atoms with Crippen molar-refractivity contribution in [2.24, 2.45) is 0 Å². The molecule has 0 aliphatic rings. The van der Waals surface area contributed by atoms with Crippen LogP contribution in [0.25, 0.3) is 22.3 Å². The van der Waals surface area contributed by atoms with E-state index in [-0.39, 0.29) is 0 Å². The monoisotopic (exact) mass is 486 g/mol. The maximum atomic E-state index is 3.59. The first kappa shape index (κ1) is 21.2. The first-order valence-corrected chi connectivity index (χ1v) is 11.9. The Labute approximate surface area is 204 Å². The third-order valence-corrected chi connectivity index (χ3v) is 6.32. The minimum absolute atomic E-state index is 1.08. The molecule has 0 nitrogen and oxygen atoms in total. The molecule has 0 saturated heterocycles. The van der Waals surface area contributed by atoms with Crippen molar-refractivity contribution in [3.63, 3.8) is 0 Å². The quantitative estimate of drug-likeness (QED) is 0.217. The van der Waals surface area contributed by atoms with Gasteiger partial charge in [-0.2, -0.15) is 0 Å². The lowest BCUT2D eigenvalue weighted by Crippen LogP contribution is -1.97. The van der Waals surface area contributed by atoms with Crippen molar-refractivity contribution in [3.8, 4) is 11.1 Å². The molecule has 158 valence electrons. The highest BCUT2D eigenvalue weighted by Gasteiger charge is 2.16. The van der Waals surface area contributed by atoms with Gasteiger partial charge in [-0.3, -0.25) is 0 Å². The fourth-order valence-electron chi connectivity index (χ4n) is 4.20. The van der Waals surface area contributed by atoms with Crippen LogP contribution in [-0.2, 0) is 0 Å². The van der Waals surface area contributed by atoms with Gasteiger partial charge in [0, 0.05) is 4.47 Å². The van der Waals surface area contributed by atoms with Gasteiger partial charge >= 0.3 is 0 Å². The molecular weight excluding hydrogens is 464 g/mol. The van der Waals surface area contributed by atoms with Gasteiger partial charge in [0.1, 0.15) is 0 Å². The summed E-state index contributed by atoms with van der Waals surface area (Å²) in [5.74, 6) is 0. The second kappa shape index (κ2) is 9.85. The minimum Gasteiger partial charge on any atom is -0.0622 e. The molecule has 0 spiro atoms. The Morgan fingerprint density at radius 3 is 1.12 bits per heavy atom. The fraction of sp³-hybridized carbons (Fsp3) is 0. The van der Waals surface area contributed by atoms with Gasteiger partial charge in [-0.05, 0) is 56.7 Å². The van der Waals surface area contributed by atoms with Gasteiger partial charge in [0.25, 0.3) is 0 Å². The summed E-state index contributed by atoms with van der Waals surface area (Å²) in [5, 5.41) is 0. The molecule has 33 heavy (non-hydrogen) atoms. The van der Waals surface area contributed by atoms with Crippen LogP contribution in [0.15, 0.2) is 144 Å². The van der Waals surface area contributed by atoms with Crippen molar-refractivity contribution in [2.45, 2.75) is 0 Å². The molecule has 0 saturated carbocycles. The molecule has 0 N–H and O–H groups in total. The zero-order valence-electron chi connectivity index (χ0n) is 18.2. The Hall–Kier alpha value is -3.68. The summed E-state index contributed by atoms with van der Waals surface area (Å²) in [6.07, 6.45) is 0. The predicted molar refractivity (Wildman–Crippen MR) is 144 cm³/mol. The van der Waals surface area contributed by atoms with E-state index in [0.717, 1.165) is 4.47 Å². The van der Waals surface area contributed by atoms with Crippen LogP contribution in [0.3, 0.4) is 0 Å². The van der Waals surface area contributed by atoms with E-state index in [2.05, 4.69) is 155 Å². The smallest absolute Gasteiger partial charge is 0.0175 e. The normalized spacial score (nSPS) is 11.7. The van der Waals surface area contributed by atoms with Crippen molar-refractivity contribution in [1.29, 1.82) is 0 Å². The largest absolute Gasteiger partial charge is 0.0622 e. The first-order valence-electron chi connectivity index (χ1n) is 11.1. The highest BCUT2D eigenvalue weighted by molar-refractivity contribution is 9.10. The summed E-state index contributed by atoms with van der Waals surface area (Å²) in [6, 6.07) is 49.4. The van der Waals surface area contributed by atoms with Gasteiger partial charge in [0.2, 0.25) is 0 Å². The molecule has 5 aromatic carbocycles. The third-order valence-electron chi connectivity index (χ3n) is 5.79. The number of hydrogen-bond acceptors (Lipinski definition) is 0. The number of hydrogen-bond donors (Lipinski definition) is 0. The Kier molecular flexibility index (Phi) is 6.32. The van der Waals surface area contributed by atoms with E-state index in [4.69, 9.17) is 0 Å². The van der Waals surface area contributed by atoms with Crippen LogP contribution >= 0.6 is 15.9 Å². The average Bonchev–Trinajstić information content (AvgIpc) is 2.90. The Bertz CT molecular complexity index is 1350. The molecule has 5 aromatic rings. The standard InChI is InChI=1S/C32H23Br/c33-30-22-20-29(21-23-30)32(27-14-8-3-9-15-27)31(26-12-6-2-7-13-26)28-18-16-25(17-19-28)24-10-4-1-5-11-24/h1-23H/b32-31+. The van der Waals surface area contributed by atoms with Gasteiger partial charge in [-0.1, -0.05) is 143 Å². The van der Waals surface area contributed by atoms with Crippen molar-refractivity contribution in [3.05, 3.63) is 166 Å². The summed E-state index contributed by atoms with van der Waals surface area (Å²) in [4.78, 5) is 0. The summed E-state index contributed by atoms with van der Waals surface area (Å²) in [5.41, 5.74) is 9.68. The highest BCUT2D eigenvalue weighted by atomic mass is 79.9. The molecule has 0 unspecified atom stereocenters. The van der Waals surface area contributed by atoms with Crippen molar-refractivity contribution < 1.29 is 0 Å². The molecule has 5 rings (SSSR count). The van der Waals surface area contributed by atoms with E-state index >= 15 is 0 Å². The molecule has 0 bridgehead atoms. The van der Waals surface area contributed by atoms with E-state index in [1.165, 1.54) is 44.5 Å². The van der Waals surface area contributed by atoms with Gasteiger partial charge in [0.15, 0.2) is 0 Å². The number of halogens is 1.